The summed E-state index contributed by atoms with van der Waals surface area (Å²) in [5.41, 5.74) is 1.95. The lowest BCUT2D eigenvalue weighted by Gasteiger charge is -2.35. The molecule has 1 aliphatic carbocycles. The molecule has 1 saturated heterocycles. The highest BCUT2D eigenvalue weighted by Crippen LogP contribution is 2.18. The van der Waals surface area contributed by atoms with Gasteiger partial charge in [0.25, 0.3) is 0 Å². The van der Waals surface area contributed by atoms with Gasteiger partial charge >= 0.3 is 6.03 Å². The third kappa shape index (κ3) is 4.13. The molecule has 1 aliphatic heterocycles. The second-order valence-corrected chi connectivity index (χ2v) is 7.83. The van der Waals surface area contributed by atoms with Crippen molar-refractivity contribution in [2.24, 2.45) is 0 Å². The smallest absolute Gasteiger partial charge is 0.317 e. The van der Waals surface area contributed by atoms with Gasteiger partial charge in [-0.05, 0) is 25.0 Å². The SMILES string of the molecule is O=C(NC1CCCCC1)N1CCN(Cc2cn3cc(Cl)ccc3n2)CC1. The van der Waals surface area contributed by atoms with Crippen LogP contribution in [0.2, 0.25) is 5.02 Å². The third-order valence-corrected chi connectivity index (χ3v) is 5.67. The number of aromatic nitrogens is 2. The Balaban J connectivity index is 1.28. The molecule has 0 radical (unpaired) electrons. The van der Waals surface area contributed by atoms with Crippen molar-refractivity contribution in [2.45, 2.75) is 44.7 Å². The van der Waals surface area contributed by atoms with Gasteiger partial charge in [0.05, 0.1) is 10.7 Å². The van der Waals surface area contributed by atoms with E-state index in [-0.39, 0.29) is 6.03 Å². The molecule has 26 heavy (non-hydrogen) atoms. The number of carbonyl (C=O) groups excluding carboxylic acids is 1. The molecule has 0 aromatic carbocycles. The summed E-state index contributed by atoms with van der Waals surface area (Å²) in [5, 5.41) is 3.92. The predicted octanol–water partition coefficient (Wildman–Crippen LogP) is 3.15. The average molecular weight is 376 g/mol. The summed E-state index contributed by atoms with van der Waals surface area (Å²) in [6.07, 6.45) is 9.95. The lowest BCUT2D eigenvalue weighted by Crippen LogP contribution is -2.53. The molecule has 0 spiro atoms. The number of amides is 2. The second kappa shape index (κ2) is 7.84. The quantitative estimate of drug-likeness (QED) is 0.896. The first-order chi connectivity index (χ1) is 12.7. The highest BCUT2D eigenvalue weighted by atomic mass is 35.5. The van der Waals surface area contributed by atoms with Crippen molar-refractivity contribution in [2.75, 3.05) is 26.2 Å². The van der Waals surface area contributed by atoms with Crippen LogP contribution in [0.5, 0.6) is 0 Å². The molecule has 7 heteroatoms. The first-order valence-corrected chi connectivity index (χ1v) is 9.96. The number of rotatable bonds is 3. The van der Waals surface area contributed by atoms with Crippen LogP contribution in [0.1, 0.15) is 37.8 Å². The van der Waals surface area contributed by atoms with Crippen LogP contribution in [0.3, 0.4) is 0 Å². The number of nitrogens with one attached hydrogen (secondary N) is 1. The van der Waals surface area contributed by atoms with Gasteiger partial charge in [0, 0.05) is 51.2 Å². The zero-order valence-corrected chi connectivity index (χ0v) is 15.8. The average Bonchev–Trinajstić information content (AvgIpc) is 3.04. The summed E-state index contributed by atoms with van der Waals surface area (Å²) in [5.74, 6) is 0. The van der Waals surface area contributed by atoms with E-state index in [9.17, 15) is 4.79 Å². The van der Waals surface area contributed by atoms with E-state index in [0.717, 1.165) is 56.9 Å². The first kappa shape index (κ1) is 17.6. The van der Waals surface area contributed by atoms with Gasteiger partial charge in [-0.1, -0.05) is 30.9 Å². The van der Waals surface area contributed by atoms with Crippen molar-refractivity contribution in [3.05, 3.63) is 35.2 Å². The van der Waals surface area contributed by atoms with Crippen LogP contribution in [-0.4, -0.2) is 57.4 Å². The molecule has 3 heterocycles. The predicted molar refractivity (Wildman–Crippen MR) is 102 cm³/mol. The minimum absolute atomic E-state index is 0.110. The van der Waals surface area contributed by atoms with Crippen molar-refractivity contribution in [1.82, 2.24) is 24.5 Å². The largest absolute Gasteiger partial charge is 0.335 e. The van der Waals surface area contributed by atoms with Gasteiger partial charge < -0.3 is 14.6 Å². The van der Waals surface area contributed by atoms with Gasteiger partial charge in [0.2, 0.25) is 0 Å². The summed E-state index contributed by atoms with van der Waals surface area (Å²) in [4.78, 5) is 21.4. The zero-order valence-electron chi connectivity index (χ0n) is 15.0. The number of hydrogen-bond donors (Lipinski definition) is 1. The molecular formula is C19H26ClN5O. The maximum atomic E-state index is 12.4. The van der Waals surface area contributed by atoms with Crippen LogP contribution in [0.25, 0.3) is 5.65 Å². The Hall–Kier alpha value is -1.79. The van der Waals surface area contributed by atoms with Crippen LogP contribution in [-0.2, 0) is 6.54 Å². The Kier molecular flexibility index (Phi) is 5.31. The van der Waals surface area contributed by atoms with Crippen LogP contribution in [0.15, 0.2) is 24.5 Å². The first-order valence-electron chi connectivity index (χ1n) is 9.58. The Bertz CT molecular complexity index is 762. The van der Waals surface area contributed by atoms with Crippen LogP contribution >= 0.6 is 11.6 Å². The number of nitrogens with zero attached hydrogens (tertiary/aromatic N) is 4. The Morgan fingerprint density at radius 2 is 1.88 bits per heavy atom. The van der Waals surface area contributed by atoms with Crippen LogP contribution in [0, 0.1) is 0 Å². The van der Waals surface area contributed by atoms with E-state index in [1.165, 1.54) is 19.3 Å². The Morgan fingerprint density at radius 3 is 2.65 bits per heavy atom. The molecule has 1 saturated carbocycles. The maximum Gasteiger partial charge on any atom is 0.317 e. The number of carbonyl (C=O) groups is 1. The van der Waals surface area contributed by atoms with E-state index in [2.05, 4.69) is 15.2 Å². The molecule has 2 fully saturated rings. The zero-order chi connectivity index (χ0) is 17.9. The molecular weight excluding hydrogens is 350 g/mol. The van der Waals surface area contributed by atoms with Gasteiger partial charge in [0.1, 0.15) is 5.65 Å². The van der Waals surface area contributed by atoms with E-state index in [1.54, 1.807) is 0 Å². The number of pyridine rings is 1. The van der Waals surface area contributed by atoms with E-state index >= 15 is 0 Å². The number of piperazine rings is 1. The Morgan fingerprint density at radius 1 is 1.12 bits per heavy atom. The normalized spacial score (nSPS) is 19.8. The van der Waals surface area contributed by atoms with E-state index in [1.807, 2.05) is 33.8 Å². The highest BCUT2D eigenvalue weighted by molar-refractivity contribution is 6.30. The fourth-order valence-corrected chi connectivity index (χ4v) is 4.11. The molecule has 0 unspecified atom stereocenters. The molecule has 0 atom stereocenters. The molecule has 2 aromatic rings. The number of halogens is 1. The van der Waals surface area contributed by atoms with Crippen LogP contribution < -0.4 is 5.32 Å². The van der Waals surface area contributed by atoms with Crippen molar-refractivity contribution in [3.63, 3.8) is 0 Å². The molecule has 140 valence electrons. The van der Waals surface area contributed by atoms with Gasteiger partial charge in [-0.15, -0.1) is 0 Å². The monoisotopic (exact) mass is 375 g/mol. The minimum Gasteiger partial charge on any atom is -0.335 e. The summed E-state index contributed by atoms with van der Waals surface area (Å²) in [6.45, 7) is 4.12. The molecule has 4 rings (SSSR count). The second-order valence-electron chi connectivity index (χ2n) is 7.39. The van der Waals surface area contributed by atoms with Gasteiger partial charge in [-0.2, -0.15) is 0 Å². The van der Waals surface area contributed by atoms with Crippen molar-refractivity contribution >= 4 is 23.3 Å². The number of urea groups is 1. The lowest BCUT2D eigenvalue weighted by molar-refractivity contribution is 0.131. The summed E-state index contributed by atoms with van der Waals surface area (Å²) in [7, 11) is 0. The van der Waals surface area contributed by atoms with E-state index in [0.29, 0.717) is 11.1 Å². The fourth-order valence-electron chi connectivity index (χ4n) is 3.94. The minimum atomic E-state index is 0.110. The summed E-state index contributed by atoms with van der Waals surface area (Å²) in [6, 6.07) is 4.27. The molecule has 0 bridgehead atoms. The number of fused-ring (bicyclic) bond motifs is 1. The Labute approximate surface area is 159 Å². The highest BCUT2D eigenvalue weighted by Gasteiger charge is 2.24. The molecule has 6 nitrogen and oxygen atoms in total. The van der Waals surface area contributed by atoms with Gasteiger partial charge in [-0.25, -0.2) is 9.78 Å². The number of imidazole rings is 1. The van der Waals surface area contributed by atoms with Crippen LogP contribution in [0.4, 0.5) is 4.79 Å². The lowest BCUT2D eigenvalue weighted by atomic mass is 9.96. The van der Waals surface area contributed by atoms with Crippen molar-refractivity contribution < 1.29 is 4.79 Å². The van der Waals surface area contributed by atoms with E-state index < -0.39 is 0 Å². The van der Waals surface area contributed by atoms with Crippen molar-refractivity contribution in [1.29, 1.82) is 0 Å². The third-order valence-electron chi connectivity index (χ3n) is 5.44. The summed E-state index contributed by atoms with van der Waals surface area (Å²) >= 11 is 6.03. The molecule has 2 aromatic heterocycles. The summed E-state index contributed by atoms with van der Waals surface area (Å²) < 4.78 is 1.96. The van der Waals surface area contributed by atoms with Gasteiger partial charge in [-0.3, -0.25) is 4.90 Å². The topological polar surface area (TPSA) is 52.9 Å². The number of hydrogen-bond acceptors (Lipinski definition) is 3. The van der Waals surface area contributed by atoms with Crippen molar-refractivity contribution in [3.8, 4) is 0 Å². The molecule has 2 amide bonds. The van der Waals surface area contributed by atoms with Gasteiger partial charge in [0.15, 0.2) is 0 Å². The molecule has 2 aliphatic rings. The standard InChI is InChI=1S/C19H26ClN5O/c20-15-6-7-18-21-17(14-25(18)12-15)13-23-8-10-24(11-9-23)19(26)22-16-4-2-1-3-5-16/h6-7,12,14,16H,1-5,8-11,13H2,(H,22,26). The molecule has 1 N–H and O–H groups in total. The fraction of sp³-hybridized carbons (Fsp3) is 0.579. The van der Waals surface area contributed by atoms with E-state index in [4.69, 9.17) is 11.6 Å². The maximum absolute atomic E-state index is 12.4.